The molecule has 13 heteroatoms. The third kappa shape index (κ3) is 9.34. The number of rotatable bonds is 8. The summed E-state index contributed by atoms with van der Waals surface area (Å²) in [5.41, 5.74) is -3.55. The van der Waals surface area contributed by atoms with Crippen LogP contribution in [0.2, 0.25) is 0 Å². The highest BCUT2D eigenvalue weighted by molar-refractivity contribution is 5.73. The van der Waals surface area contributed by atoms with Crippen molar-refractivity contribution >= 4 is 5.97 Å². The Morgan fingerprint density at radius 3 is 2.10 bits per heavy atom. The van der Waals surface area contributed by atoms with Crippen LogP contribution in [0.4, 0.5) is 0 Å². The van der Waals surface area contributed by atoms with Gasteiger partial charge in [-0.3, -0.25) is 9.69 Å². The van der Waals surface area contributed by atoms with Gasteiger partial charge in [0.1, 0.15) is 23.9 Å². The Morgan fingerprint density at radius 2 is 1.56 bits per heavy atom. The van der Waals surface area contributed by atoms with E-state index < -0.39 is 89.7 Å². The molecule has 2 aliphatic heterocycles. The lowest BCUT2D eigenvalue weighted by Gasteiger charge is -2.50. The van der Waals surface area contributed by atoms with Crippen LogP contribution in [-0.2, 0) is 33.2 Å². The minimum absolute atomic E-state index is 0.211. The van der Waals surface area contributed by atoms with E-state index in [0.717, 1.165) is 0 Å². The summed E-state index contributed by atoms with van der Waals surface area (Å²) in [6, 6.07) is -0.979. The van der Waals surface area contributed by atoms with Gasteiger partial charge in [0.05, 0.1) is 47.6 Å². The van der Waals surface area contributed by atoms with Crippen LogP contribution in [0.15, 0.2) is 0 Å². The fourth-order valence-electron chi connectivity index (χ4n) is 9.11. The number of ether oxygens (including phenoxy) is 6. The maximum atomic E-state index is 14.3. The first-order chi connectivity index (χ1) is 24.0. The van der Waals surface area contributed by atoms with Crippen LogP contribution in [-0.4, -0.2) is 162 Å². The first-order valence-corrected chi connectivity index (χ1v) is 19.4. The van der Waals surface area contributed by atoms with Crippen LogP contribution >= 0.6 is 0 Å². The molecule has 52 heavy (non-hydrogen) atoms. The lowest BCUT2D eigenvalue weighted by atomic mass is 9.74. The summed E-state index contributed by atoms with van der Waals surface area (Å²) >= 11 is 0. The van der Waals surface area contributed by atoms with Crippen molar-refractivity contribution in [2.45, 2.75) is 191 Å². The zero-order chi connectivity index (χ0) is 39.7. The molecular formula is C39H74N2O11. The minimum atomic E-state index is -1.55. The van der Waals surface area contributed by atoms with Gasteiger partial charge in [-0.25, -0.2) is 0 Å². The molecule has 0 spiro atoms. The molecular weight excluding hydrogens is 672 g/mol. The van der Waals surface area contributed by atoms with Crippen molar-refractivity contribution in [1.82, 2.24) is 9.80 Å². The molecule has 2 saturated heterocycles. The molecule has 13 nitrogen and oxygen atoms in total. The molecule has 0 radical (unpaired) electrons. The van der Waals surface area contributed by atoms with Gasteiger partial charge in [-0.2, -0.15) is 0 Å². The van der Waals surface area contributed by atoms with Crippen molar-refractivity contribution in [3.8, 4) is 0 Å². The van der Waals surface area contributed by atoms with E-state index in [1.165, 1.54) is 7.11 Å². The molecule has 3 rings (SSSR count). The number of carbonyl (C=O) groups excluding carboxylic acids is 1. The van der Waals surface area contributed by atoms with Gasteiger partial charge in [-0.05, 0) is 102 Å². The highest BCUT2D eigenvalue weighted by Crippen LogP contribution is 2.42. The van der Waals surface area contributed by atoms with Gasteiger partial charge in [-0.15, -0.1) is 0 Å². The minimum Gasteiger partial charge on any atom is -0.459 e. The molecule has 2 heterocycles. The van der Waals surface area contributed by atoms with E-state index in [-0.39, 0.29) is 30.5 Å². The summed E-state index contributed by atoms with van der Waals surface area (Å²) in [5, 5.41) is 47.4. The third-order valence-corrected chi connectivity index (χ3v) is 13.3. The van der Waals surface area contributed by atoms with Gasteiger partial charge < -0.3 is 53.7 Å². The normalized spacial score (nSPS) is 49.4. The van der Waals surface area contributed by atoms with Gasteiger partial charge in [-0.1, -0.05) is 20.8 Å². The van der Waals surface area contributed by atoms with E-state index in [9.17, 15) is 25.2 Å². The predicted octanol–water partition coefficient (Wildman–Crippen LogP) is 2.97. The Kier molecular flexibility index (Phi) is 15.6. The predicted molar refractivity (Wildman–Crippen MR) is 198 cm³/mol. The number of likely N-dealkylation sites (N-methyl/N-ethyl adjacent to an activating group) is 2. The number of nitrogens with zero attached hydrogens (tertiary/aromatic N) is 2. The molecule has 0 aromatic heterocycles. The summed E-state index contributed by atoms with van der Waals surface area (Å²) in [6.45, 7) is 18.6. The summed E-state index contributed by atoms with van der Waals surface area (Å²) in [6.07, 6.45) is -5.05. The molecule has 0 unspecified atom stereocenters. The van der Waals surface area contributed by atoms with Crippen molar-refractivity contribution in [2.75, 3.05) is 35.4 Å². The zero-order valence-corrected chi connectivity index (χ0v) is 34.7. The summed E-state index contributed by atoms with van der Waals surface area (Å²) in [4.78, 5) is 18.3. The highest BCUT2D eigenvalue weighted by Gasteiger charge is 2.53. The molecule has 18 atom stereocenters. The quantitative estimate of drug-likeness (QED) is 0.269. The molecule has 0 aromatic rings. The third-order valence-electron chi connectivity index (χ3n) is 13.3. The summed E-state index contributed by atoms with van der Waals surface area (Å²) in [5.74, 6) is -2.43. The molecule has 0 amide bonds. The van der Waals surface area contributed by atoms with Crippen LogP contribution < -0.4 is 0 Å². The maximum absolute atomic E-state index is 14.3. The number of hydrogen-bond donors (Lipinski definition) is 4. The highest BCUT2D eigenvalue weighted by atomic mass is 16.7. The first kappa shape index (κ1) is 45.4. The smallest absolute Gasteiger partial charge is 0.311 e. The summed E-state index contributed by atoms with van der Waals surface area (Å²) in [7, 11) is 8.80. The largest absolute Gasteiger partial charge is 0.459 e. The average molecular weight is 747 g/mol. The van der Waals surface area contributed by atoms with Crippen LogP contribution in [0.5, 0.6) is 0 Å². The van der Waals surface area contributed by atoms with Gasteiger partial charge in [0.2, 0.25) is 0 Å². The Balaban J connectivity index is 2.19. The average Bonchev–Trinajstić information content (AvgIpc) is 3.09. The maximum Gasteiger partial charge on any atom is 0.311 e. The Bertz CT molecular complexity index is 1150. The number of carbonyl (C=O) groups is 1. The first-order valence-electron chi connectivity index (χ1n) is 19.4. The van der Waals surface area contributed by atoms with Crippen molar-refractivity contribution in [3.05, 3.63) is 0 Å². The van der Waals surface area contributed by atoms with Gasteiger partial charge in [0, 0.05) is 44.2 Å². The molecule has 3 fully saturated rings. The Morgan fingerprint density at radius 1 is 0.942 bits per heavy atom. The van der Waals surface area contributed by atoms with Gasteiger partial charge in [0.25, 0.3) is 0 Å². The second kappa shape index (κ2) is 17.9. The summed E-state index contributed by atoms with van der Waals surface area (Å²) < 4.78 is 37.9. The molecule has 4 N–H and O–H groups in total. The fraction of sp³-hybridized carbons (Fsp3) is 0.974. The lowest BCUT2D eigenvalue weighted by molar-refractivity contribution is -0.302. The van der Waals surface area contributed by atoms with E-state index in [0.29, 0.717) is 25.7 Å². The van der Waals surface area contributed by atoms with Crippen molar-refractivity contribution in [1.29, 1.82) is 0 Å². The number of esters is 1. The van der Waals surface area contributed by atoms with E-state index in [1.807, 2.05) is 79.4 Å². The molecule has 1 saturated carbocycles. The van der Waals surface area contributed by atoms with Crippen LogP contribution in [0.25, 0.3) is 0 Å². The van der Waals surface area contributed by atoms with Gasteiger partial charge >= 0.3 is 5.97 Å². The van der Waals surface area contributed by atoms with E-state index in [1.54, 1.807) is 27.9 Å². The van der Waals surface area contributed by atoms with Crippen LogP contribution in [0.3, 0.4) is 0 Å². The molecule has 0 bridgehead atoms. The number of cyclic esters (lactones) is 1. The second-order valence-electron chi connectivity index (χ2n) is 17.3. The van der Waals surface area contributed by atoms with E-state index in [4.69, 9.17) is 28.4 Å². The van der Waals surface area contributed by atoms with Crippen molar-refractivity contribution in [3.63, 3.8) is 0 Å². The molecule has 1 aliphatic carbocycles. The molecule has 306 valence electrons. The molecule has 0 aromatic carbocycles. The topological polar surface area (TPSA) is 160 Å². The second-order valence-corrected chi connectivity index (χ2v) is 17.3. The van der Waals surface area contributed by atoms with E-state index in [2.05, 4.69) is 0 Å². The monoisotopic (exact) mass is 747 g/mol. The van der Waals surface area contributed by atoms with Crippen molar-refractivity contribution < 1.29 is 53.6 Å². The van der Waals surface area contributed by atoms with Crippen LogP contribution in [0.1, 0.15) is 101 Å². The zero-order valence-electron chi connectivity index (χ0n) is 34.7. The number of methoxy groups -OCH3 is 2. The van der Waals surface area contributed by atoms with Crippen LogP contribution in [0, 0.1) is 17.8 Å². The van der Waals surface area contributed by atoms with E-state index >= 15 is 0 Å². The van der Waals surface area contributed by atoms with Crippen molar-refractivity contribution in [2.24, 2.45) is 17.8 Å². The number of hydrogen-bond acceptors (Lipinski definition) is 13. The number of aliphatic hydroxyl groups excluding tert-OH is 3. The molecule has 3 aliphatic rings. The standard InChI is InChI=1S/C39H74N2O11/c1-16-29-39(10,48-15)33(44)26(7)41(13)21(2)20-37(8,46)34(52-36-30(42)27(40(11)12)19-22(3)49-36)24(5)31(25(6)35(45)51-29)50-28-17-18-38(9,47-14)32(43)23(28)4/h21-34,36,42-44,46H,16-20H2,1-15H3/t21-,22-,23+,24+,25-,26-,27-,28-,29-,30-,31+,32-,33-,34-,36+,37-,38+,39-/m1/s1. The number of aliphatic hydroxyl groups is 4. The Hall–Kier alpha value is -0.970. The van der Waals surface area contributed by atoms with Gasteiger partial charge in [0.15, 0.2) is 6.29 Å². The fourth-order valence-corrected chi connectivity index (χ4v) is 9.11. The Labute approximate surface area is 313 Å². The lowest BCUT2D eigenvalue weighted by Crippen LogP contribution is -2.63. The SMILES string of the molecule is CC[C@H]1OC(=O)[C@H](C)[C@@H](O[C@@H]2CC[C@](C)(OC)[C@H](O)[C@H]2C)[C@H](C)[C@@H](O[C@@H]2O[C@H](C)C[C@@H](N(C)C)[C@H]2O)[C@](C)(O)C[C@@H](C)N(C)[C@H](C)[C@@H](O)[C@]1(C)OC.